The normalized spacial score (nSPS) is 22.5. The third-order valence-corrected chi connectivity index (χ3v) is 5.35. The fourth-order valence-corrected chi connectivity index (χ4v) is 3.97. The molecule has 0 aliphatic carbocycles. The number of rotatable bonds is 3. The van der Waals surface area contributed by atoms with E-state index in [0.29, 0.717) is 29.3 Å². The monoisotopic (exact) mass is 320 g/mol. The van der Waals surface area contributed by atoms with Gasteiger partial charge in [-0.2, -0.15) is 4.98 Å². The van der Waals surface area contributed by atoms with E-state index in [4.69, 9.17) is 5.73 Å². The maximum Gasteiger partial charge on any atom is 0.225 e. The van der Waals surface area contributed by atoms with Gasteiger partial charge in [-0.3, -0.25) is 0 Å². The molecule has 0 saturated carbocycles. The van der Waals surface area contributed by atoms with Crippen LogP contribution < -0.4 is 11.1 Å². The molecular weight excluding hydrogens is 308 g/mol. The molecule has 1 aromatic rings. The van der Waals surface area contributed by atoms with E-state index in [1.165, 1.54) is 0 Å². The minimum atomic E-state index is -2.94. The van der Waals surface area contributed by atoms with Crippen LogP contribution in [0.15, 0.2) is 10.7 Å². The van der Waals surface area contributed by atoms with Crippen LogP contribution in [-0.2, 0) is 9.84 Å². The number of nitrogens with zero attached hydrogens (tertiary/aromatic N) is 2. The molecule has 1 aliphatic heterocycles. The molecule has 2 heterocycles. The second-order valence-electron chi connectivity index (χ2n) is 3.95. The highest BCUT2D eigenvalue weighted by Gasteiger charge is 2.30. The van der Waals surface area contributed by atoms with Crippen LogP contribution in [-0.4, -0.2) is 35.9 Å². The lowest BCUT2D eigenvalue weighted by Crippen LogP contribution is -2.25. The van der Waals surface area contributed by atoms with Gasteiger partial charge in [-0.15, -0.1) is 0 Å². The molecule has 1 aliphatic rings. The van der Waals surface area contributed by atoms with Crippen molar-refractivity contribution in [2.75, 3.05) is 23.3 Å². The molecule has 1 fully saturated rings. The van der Waals surface area contributed by atoms with Crippen LogP contribution in [0.2, 0.25) is 0 Å². The Morgan fingerprint density at radius 1 is 1.53 bits per heavy atom. The smallest absolute Gasteiger partial charge is 0.225 e. The number of halogens is 1. The third-order valence-electron chi connectivity index (χ3n) is 2.67. The summed E-state index contributed by atoms with van der Waals surface area (Å²) >= 11 is 3.20. The molecule has 0 spiro atoms. The fourth-order valence-electron chi connectivity index (χ4n) is 1.81. The number of nitrogens with two attached hydrogens (primary N) is 1. The molecule has 1 unspecified atom stereocenters. The topological polar surface area (TPSA) is 98.0 Å². The molecule has 0 amide bonds. The number of aromatic nitrogens is 2. The van der Waals surface area contributed by atoms with E-state index in [9.17, 15) is 8.42 Å². The second kappa shape index (κ2) is 4.77. The van der Waals surface area contributed by atoms with Crippen molar-refractivity contribution in [2.24, 2.45) is 0 Å². The average molecular weight is 321 g/mol. The maximum absolute atomic E-state index is 11.6. The first-order chi connectivity index (χ1) is 7.97. The van der Waals surface area contributed by atoms with E-state index >= 15 is 0 Å². The summed E-state index contributed by atoms with van der Waals surface area (Å²) in [6, 6.07) is 1.58. The van der Waals surface area contributed by atoms with Crippen molar-refractivity contribution in [3.05, 3.63) is 10.7 Å². The molecule has 1 atom stereocenters. The number of hydrogen-bond acceptors (Lipinski definition) is 6. The number of anilines is 2. The summed E-state index contributed by atoms with van der Waals surface area (Å²) in [4.78, 5) is 8.04. The largest absolute Gasteiger partial charge is 0.383 e. The summed E-state index contributed by atoms with van der Waals surface area (Å²) in [7, 11) is -2.94. The fraction of sp³-hybridized carbons (Fsp3) is 0.556. The van der Waals surface area contributed by atoms with Crippen molar-refractivity contribution in [1.29, 1.82) is 0 Å². The van der Waals surface area contributed by atoms with Crippen LogP contribution in [0.5, 0.6) is 0 Å². The van der Waals surface area contributed by atoms with E-state index in [-0.39, 0.29) is 11.0 Å². The SMILES string of the molecule is Nc1cc(Br)nc(NCC2CCCS2(=O)=O)n1. The van der Waals surface area contributed by atoms with E-state index in [2.05, 4.69) is 31.2 Å². The molecule has 0 bridgehead atoms. The number of sulfone groups is 1. The standard InChI is InChI=1S/C9H13BrN4O2S/c10-7-4-8(11)14-9(13-7)12-5-6-2-1-3-17(6,15)16/h4,6H,1-3,5H2,(H3,11,12,13,14). The molecular formula is C9H13BrN4O2S. The molecule has 0 aromatic carbocycles. The van der Waals surface area contributed by atoms with Gasteiger partial charge in [0.1, 0.15) is 10.4 Å². The number of hydrogen-bond donors (Lipinski definition) is 2. The lowest BCUT2D eigenvalue weighted by Gasteiger charge is -2.10. The first-order valence-electron chi connectivity index (χ1n) is 5.23. The molecule has 3 N–H and O–H groups in total. The first kappa shape index (κ1) is 12.6. The van der Waals surface area contributed by atoms with Crippen molar-refractivity contribution in [1.82, 2.24) is 9.97 Å². The molecule has 1 aromatic heterocycles. The van der Waals surface area contributed by atoms with Crippen LogP contribution in [0.25, 0.3) is 0 Å². The quantitative estimate of drug-likeness (QED) is 0.800. The highest BCUT2D eigenvalue weighted by molar-refractivity contribution is 9.10. The molecule has 6 nitrogen and oxygen atoms in total. The highest BCUT2D eigenvalue weighted by Crippen LogP contribution is 2.20. The molecule has 1 saturated heterocycles. The summed E-state index contributed by atoms with van der Waals surface area (Å²) in [5.74, 6) is 0.962. The Bertz CT molecular complexity index is 499. The van der Waals surface area contributed by atoms with Crippen molar-refractivity contribution in [2.45, 2.75) is 18.1 Å². The van der Waals surface area contributed by atoms with Gasteiger partial charge >= 0.3 is 0 Å². The Kier molecular flexibility index (Phi) is 3.53. The van der Waals surface area contributed by atoms with Crippen LogP contribution in [0, 0.1) is 0 Å². The van der Waals surface area contributed by atoms with Crippen LogP contribution >= 0.6 is 15.9 Å². The number of nitrogens with one attached hydrogen (secondary N) is 1. The van der Waals surface area contributed by atoms with Crippen molar-refractivity contribution in [3.63, 3.8) is 0 Å². The summed E-state index contributed by atoms with van der Waals surface area (Å²) < 4.78 is 23.8. The Morgan fingerprint density at radius 2 is 2.29 bits per heavy atom. The Labute approximate surface area is 108 Å². The summed E-state index contributed by atoms with van der Waals surface area (Å²) in [5.41, 5.74) is 5.56. The van der Waals surface area contributed by atoms with Gasteiger partial charge < -0.3 is 11.1 Å². The Balaban J connectivity index is 2.03. The summed E-state index contributed by atoms with van der Waals surface area (Å²) in [5, 5.41) is 2.57. The third kappa shape index (κ3) is 3.06. The Morgan fingerprint density at radius 3 is 2.88 bits per heavy atom. The Hall–Kier alpha value is -0.890. The van der Waals surface area contributed by atoms with Crippen LogP contribution in [0.4, 0.5) is 11.8 Å². The van der Waals surface area contributed by atoms with Crippen LogP contribution in [0.3, 0.4) is 0 Å². The van der Waals surface area contributed by atoms with E-state index in [1.807, 2.05) is 0 Å². The second-order valence-corrected chi connectivity index (χ2v) is 7.16. The molecule has 8 heteroatoms. The molecule has 0 radical (unpaired) electrons. The lowest BCUT2D eigenvalue weighted by atomic mass is 10.2. The summed E-state index contributed by atoms with van der Waals surface area (Å²) in [6.07, 6.45) is 1.43. The van der Waals surface area contributed by atoms with Gasteiger partial charge in [0, 0.05) is 12.6 Å². The predicted octanol–water partition coefficient (Wildman–Crippen LogP) is 0.810. The van der Waals surface area contributed by atoms with Gasteiger partial charge in [-0.1, -0.05) is 0 Å². The first-order valence-corrected chi connectivity index (χ1v) is 7.74. The average Bonchev–Trinajstić information content (AvgIpc) is 2.53. The minimum absolute atomic E-state index is 0.279. The van der Waals surface area contributed by atoms with Crippen molar-refractivity contribution in [3.8, 4) is 0 Å². The van der Waals surface area contributed by atoms with Crippen molar-refractivity contribution < 1.29 is 8.42 Å². The zero-order valence-electron chi connectivity index (χ0n) is 9.06. The molecule has 94 valence electrons. The van der Waals surface area contributed by atoms with Gasteiger partial charge in [0.05, 0.1) is 11.0 Å². The van der Waals surface area contributed by atoms with Crippen LogP contribution in [0.1, 0.15) is 12.8 Å². The van der Waals surface area contributed by atoms with E-state index < -0.39 is 9.84 Å². The lowest BCUT2D eigenvalue weighted by molar-refractivity contribution is 0.591. The van der Waals surface area contributed by atoms with Gasteiger partial charge in [0.15, 0.2) is 9.84 Å². The van der Waals surface area contributed by atoms with Gasteiger partial charge in [-0.25, -0.2) is 13.4 Å². The van der Waals surface area contributed by atoms with E-state index in [0.717, 1.165) is 6.42 Å². The van der Waals surface area contributed by atoms with E-state index in [1.54, 1.807) is 6.07 Å². The zero-order valence-corrected chi connectivity index (χ0v) is 11.5. The zero-order chi connectivity index (χ0) is 12.5. The molecule has 17 heavy (non-hydrogen) atoms. The molecule has 2 rings (SSSR count). The predicted molar refractivity (Wildman–Crippen MR) is 69.4 cm³/mol. The van der Waals surface area contributed by atoms with Gasteiger partial charge in [-0.05, 0) is 28.8 Å². The minimum Gasteiger partial charge on any atom is -0.383 e. The van der Waals surface area contributed by atoms with Crippen molar-refractivity contribution >= 4 is 37.5 Å². The van der Waals surface area contributed by atoms with Gasteiger partial charge in [0.2, 0.25) is 5.95 Å². The number of nitrogen functional groups attached to an aromatic ring is 1. The summed E-state index contributed by atoms with van der Waals surface area (Å²) in [6.45, 7) is 0.332. The van der Waals surface area contributed by atoms with Gasteiger partial charge in [0.25, 0.3) is 0 Å². The highest BCUT2D eigenvalue weighted by atomic mass is 79.9. The maximum atomic E-state index is 11.6.